The zero-order valence-electron chi connectivity index (χ0n) is 24.0. The first-order valence-electron chi connectivity index (χ1n) is 16.0. The van der Waals surface area contributed by atoms with Crippen molar-refractivity contribution < 1.29 is 0 Å². The molecule has 2 nitrogen and oxygen atoms in total. The second-order valence-electron chi connectivity index (χ2n) is 11.1. The first-order chi connectivity index (χ1) is 16.8. The van der Waals surface area contributed by atoms with E-state index >= 15 is 0 Å². The summed E-state index contributed by atoms with van der Waals surface area (Å²) in [5, 5.41) is 0. The minimum Gasteiger partial charge on any atom is -0.356 e. The van der Waals surface area contributed by atoms with Crippen molar-refractivity contribution in [2.75, 3.05) is 13.1 Å². The van der Waals surface area contributed by atoms with Crippen LogP contribution in [0.4, 0.5) is 0 Å². The molecule has 0 N–H and O–H groups in total. The van der Waals surface area contributed by atoms with E-state index < -0.39 is 0 Å². The first kappa shape index (κ1) is 31.4. The van der Waals surface area contributed by atoms with Gasteiger partial charge in [0, 0.05) is 25.5 Å². The summed E-state index contributed by atoms with van der Waals surface area (Å²) >= 11 is 0. The summed E-state index contributed by atoms with van der Waals surface area (Å²) in [4.78, 5) is 5.33. The van der Waals surface area contributed by atoms with E-state index in [1.807, 2.05) is 0 Å². The first-order valence-corrected chi connectivity index (χ1v) is 16.0. The molecule has 34 heavy (non-hydrogen) atoms. The predicted octanol–water partition coefficient (Wildman–Crippen LogP) is 10.8. The minimum absolute atomic E-state index is 0.642. The lowest BCUT2D eigenvalue weighted by Crippen LogP contribution is -2.39. The van der Waals surface area contributed by atoms with Crippen LogP contribution < -0.4 is 0 Å². The third-order valence-electron chi connectivity index (χ3n) is 7.82. The lowest BCUT2D eigenvalue weighted by molar-refractivity contribution is 0.136. The minimum atomic E-state index is 0.642. The fraction of sp³-hybridized carbons (Fsp3) is 0.938. The molecule has 0 aromatic heterocycles. The van der Waals surface area contributed by atoms with Gasteiger partial charge in [-0.1, -0.05) is 149 Å². The number of hydrogen-bond donors (Lipinski definition) is 0. The normalized spacial score (nSPS) is 15.7. The molecule has 1 aliphatic heterocycles. The molecule has 0 fully saturated rings. The van der Waals surface area contributed by atoms with E-state index in [0.717, 1.165) is 0 Å². The van der Waals surface area contributed by atoms with Gasteiger partial charge in [0.25, 0.3) is 0 Å². The molecule has 1 heterocycles. The molecule has 0 amide bonds. The Labute approximate surface area is 216 Å². The lowest BCUT2D eigenvalue weighted by Gasteiger charge is -2.33. The highest BCUT2D eigenvalue weighted by Gasteiger charge is 2.24. The summed E-state index contributed by atoms with van der Waals surface area (Å²) in [5.41, 5.74) is 0. The molecule has 0 aliphatic carbocycles. The Morgan fingerprint density at radius 3 is 1.12 bits per heavy atom. The maximum absolute atomic E-state index is 2.68. The van der Waals surface area contributed by atoms with Crippen LogP contribution in [-0.4, -0.2) is 29.1 Å². The van der Waals surface area contributed by atoms with Gasteiger partial charge >= 0.3 is 0 Å². The van der Waals surface area contributed by atoms with Crippen molar-refractivity contribution in [3.63, 3.8) is 0 Å². The second kappa shape index (κ2) is 24.1. The Balaban J connectivity index is 2.12. The fourth-order valence-corrected chi connectivity index (χ4v) is 5.45. The maximum atomic E-state index is 2.68. The van der Waals surface area contributed by atoms with Crippen LogP contribution in [0.2, 0.25) is 0 Å². The zero-order chi connectivity index (χ0) is 24.5. The fourth-order valence-electron chi connectivity index (χ4n) is 5.45. The summed E-state index contributed by atoms with van der Waals surface area (Å²) in [5.74, 6) is 0. The summed E-state index contributed by atoms with van der Waals surface area (Å²) in [6, 6.07) is 0. The van der Waals surface area contributed by atoms with Crippen molar-refractivity contribution >= 4 is 0 Å². The van der Waals surface area contributed by atoms with E-state index in [4.69, 9.17) is 0 Å². The largest absolute Gasteiger partial charge is 0.356 e. The highest BCUT2D eigenvalue weighted by Crippen LogP contribution is 2.23. The Hall–Kier alpha value is -0.660. The van der Waals surface area contributed by atoms with Gasteiger partial charge in [0.2, 0.25) is 0 Å². The third-order valence-corrected chi connectivity index (χ3v) is 7.82. The summed E-state index contributed by atoms with van der Waals surface area (Å²) in [6.45, 7) is 9.44. The Morgan fingerprint density at radius 1 is 0.382 bits per heavy atom. The average Bonchev–Trinajstić information content (AvgIpc) is 3.23. The van der Waals surface area contributed by atoms with Crippen molar-refractivity contribution in [1.82, 2.24) is 9.80 Å². The summed E-state index contributed by atoms with van der Waals surface area (Å²) < 4.78 is 0. The predicted molar refractivity (Wildman–Crippen MR) is 154 cm³/mol. The standard InChI is InChI=1S/C32H64N2/c1-4-7-10-12-14-16-18-20-22-24-26-29-34-31-30-33(28-9-6-3)32(34)27-25-23-21-19-17-15-13-11-8-5-2/h30-32H,4-29H2,1-3H3. The molecule has 202 valence electrons. The molecule has 1 unspecified atom stereocenters. The van der Waals surface area contributed by atoms with Crippen LogP contribution in [0.1, 0.15) is 175 Å². The van der Waals surface area contributed by atoms with Crippen molar-refractivity contribution in [3.8, 4) is 0 Å². The zero-order valence-corrected chi connectivity index (χ0v) is 24.0. The molecule has 0 bridgehead atoms. The van der Waals surface area contributed by atoms with Crippen molar-refractivity contribution in [1.29, 1.82) is 0 Å². The van der Waals surface area contributed by atoms with Gasteiger partial charge in [-0.25, -0.2) is 0 Å². The molecular formula is C32H64N2. The van der Waals surface area contributed by atoms with Crippen molar-refractivity contribution in [2.45, 2.75) is 181 Å². The van der Waals surface area contributed by atoms with E-state index in [0.29, 0.717) is 6.17 Å². The molecule has 0 aromatic carbocycles. The number of unbranched alkanes of at least 4 members (excludes halogenated alkanes) is 20. The summed E-state index contributed by atoms with van der Waals surface area (Å²) in [7, 11) is 0. The van der Waals surface area contributed by atoms with Crippen LogP contribution in [0, 0.1) is 0 Å². The highest BCUT2D eigenvalue weighted by molar-refractivity contribution is 4.96. The van der Waals surface area contributed by atoms with E-state index in [1.165, 1.54) is 167 Å². The Kier molecular flexibility index (Phi) is 22.2. The SMILES string of the molecule is CCCCCCCCCCCCCN1C=CN(CCCC)C1CCCCCCCCCCCC. The lowest BCUT2D eigenvalue weighted by atomic mass is 10.0. The van der Waals surface area contributed by atoms with Crippen LogP contribution in [0.3, 0.4) is 0 Å². The molecule has 0 saturated carbocycles. The molecule has 0 saturated heterocycles. The molecular weight excluding hydrogens is 412 g/mol. The van der Waals surface area contributed by atoms with E-state index in [1.54, 1.807) is 0 Å². The molecule has 1 atom stereocenters. The molecule has 1 rings (SSSR count). The average molecular weight is 477 g/mol. The third kappa shape index (κ3) is 16.9. The van der Waals surface area contributed by atoms with Crippen molar-refractivity contribution in [2.24, 2.45) is 0 Å². The van der Waals surface area contributed by atoms with Crippen LogP contribution >= 0.6 is 0 Å². The molecule has 0 spiro atoms. The van der Waals surface area contributed by atoms with Gasteiger partial charge in [-0.05, 0) is 25.7 Å². The van der Waals surface area contributed by atoms with Gasteiger partial charge in [-0.2, -0.15) is 0 Å². The van der Waals surface area contributed by atoms with E-state index in [9.17, 15) is 0 Å². The van der Waals surface area contributed by atoms with Gasteiger partial charge in [-0.3, -0.25) is 0 Å². The van der Waals surface area contributed by atoms with Gasteiger partial charge < -0.3 is 9.80 Å². The van der Waals surface area contributed by atoms with Gasteiger partial charge in [-0.15, -0.1) is 0 Å². The Bertz CT molecular complexity index is 433. The molecule has 0 aromatic rings. The topological polar surface area (TPSA) is 6.48 Å². The van der Waals surface area contributed by atoms with Crippen LogP contribution in [0.5, 0.6) is 0 Å². The number of rotatable bonds is 26. The number of nitrogens with zero attached hydrogens (tertiary/aromatic N) is 2. The van der Waals surface area contributed by atoms with Gasteiger partial charge in [0.1, 0.15) is 6.17 Å². The summed E-state index contributed by atoms with van der Waals surface area (Å²) in [6.07, 6.45) is 39.6. The number of hydrogen-bond acceptors (Lipinski definition) is 2. The van der Waals surface area contributed by atoms with Gasteiger partial charge in [0.15, 0.2) is 0 Å². The monoisotopic (exact) mass is 477 g/mol. The van der Waals surface area contributed by atoms with Crippen molar-refractivity contribution in [3.05, 3.63) is 12.4 Å². The van der Waals surface area contributed by atoms with Gasteiger partial charge in [0.05, 0.1) is 0 Å². The van der Waals surface area contributed by atoms with E-state index in [-0.39, 0.29) is 0 Å². The van der Waals surface area contributed by atoms with E-state index in [2.05, 4.69) is 43.0 Å². The maximum Gasteiger partial charge on any atom is 0.101 e. The quantitative estimate of drug-likeness (QED) is 0.114. The highest BCUT2D eigenvalue weighted by atomic mass is 15.4. The molecule has 2 heteroatoms. The smallest absolute Gasteiger partial charge is 0.101 e. The molecule has 0 radical (unpaired) electrons. The van der Waals surface area contributed by atoms with Crippen LogP contribution in [0.15, 0.2) is 12.4 Å². The van der Waals surface area contributed by atoms with Crippen LogP contribution in [-0.2, 0) is 0 Å². The second-order valence-corrected chi connectivity index (χ2v) is 11.1. The Morgan fingerprint density at radius 2 is 0.706 bits per heavy atom. The van der Waals surface area contributed by atoms with Crippen LogP contribution in [0.25, 0.3) is 0 Å². The molecule has 1 aliphatic rings.